The summed E-state index contributed by atoms with van der Waals surface area (Å²) in [5.41, 5.74) is 7.69. The van der Waals surface area contributed by atoms with Crippen LogP contribution in [-0.2, 0) is 13.5 Å². The number of aromatic nitrogens is 4. The molecular weight excluding hydrogens is 226 g/mol. The molecule has 0 aliphatic carbocycles. The van der Waals surface area contributed by atoms with Crippen molar-refractivity contribution >= 4 is 11.6 Å². The zero-order valence-electron chi connectivity index (χ0n) is 9.31. The van der Waals surface area contributed by atoms with Gasteiger partial charge in [0.2, 0.25) is 0 Å². The Labute approximate surface area is 98.8 Å². The summed E-state index contributed by atoms with van der Waals surface area (Å²) >= 11 is 5.86. The molecule has 6 heteroatoms. The zero-order chi connectivity index (χ0) is 11.7. The van der Waals surface area contributed by atoms with E-state index in [-0.39, 0.29) is 0 Å². The Balaban J connectivity index is 2.54. The molecule has 0 aliphatic heterocycles. The number of hydrogen-bond acceptors (Lipinski definition) is 3. The van der Waals surface area contributed by atoms with E-state index >= 15 is 0 Å². The van der Waals surface area contributed by atoms with Gasteiger partial charge < -0.3 is 5.73 Å². The lowest BCUT2D eigenvalue weighted by atomic mass is 10.2. The molecule has 16 heavy (non-hydrogen) atoms. The van der Waals surface area contributed by atoms with E-state index in [0.717, 1.165) is 23.5 Å². The van der Waals surface area contributed by atoms with E-state index in [2.05, 4.69) is 10.2 Å². The standard InChI is InChI=1S/C10H14ClN5/c1-7-9(3-4-12)10(15(2)14-7)16-6-8(11)5-13-16/h5-6H,3-4,12H2,1-2H3. The van der Waals surface area contributed by atoms with Crippen molar-refractivity contribution in [3.63, 3.8) is 0 Å². The van der Waals surface area contributed by atoms with Crippen LogP contribution in [0.2, 0.25) is 5.02 Å². The van der Waals surface area contributed by atoms with Gasteiger partial charge in [0.25, 0.3) is 0 Å². The molecule has 2 aromatic rings. The van der Waals surface area contributed by atoms with Gasteiger partial charge in [-0.1, -0.05) is 11.6 Å². The van der Waals surface area contributed by atoms with Crippen molar-refractivity contribution in [3.05, 3.63) is 28.7 Å². The monoisotopic (exact) mass is 239 g/mol. The molecule has 2 N–H and O–H groups in total. The van der Waals surface area contributed by atoms with Gasteiger partial charge in [0, 0.05) is 12.6 Å². The molecule has 0 spiro atoms. The lowest BCUT2D eigenvalue weighted by Crippen LogP contribution is -2.09. The van der Waals surface area contributed by atoms with Crippen LogP contribution >= 0.6 is 11.6 Å². The van der Waals surface area contributed by atoms with Gasteiger partial charge in [-0.15, -0.1) is 0 Å². The Morgan fingerprint density at radius 3 is 2.81 bits per heavy atom. The van der Waals surface area contributed by atoms with Gasteiger partial charge in [0.15, 0.2) is 5.82 Å². The summed E-state index contributed by atoms with van der Waals surface area (Å²) in [5.74, 6) is 0.926. The third-order valence-corrected chi connectivity index (χ3v) is 2.67. The molecule has 0 saturated heterocycles. The quantitative estimate of drug-likeness (QED) is 0.872. The van der Waals surface area contributed by atoms with Crippen molar-refractivity contribution in [2.45, 2.75) is 13.3 Å². The van der Waals surface area contributed by atoms with E-state index in [1.54, 1.807) is 21.8 Å². The summed E-state index contributed by atoms with van der Waals surface area (Å²) in [6.07, 6.45) is 4.15. The van der Waals surface area contributed by atoms with Crippen LogP contribution in [0.4, 0.5) is 0 Å². The minimum absolute atomic E-state index is 0.592. The minimum Gasteiger partial charge on any atom is -0.330 e. The van der Waals surface area contributed by atoms with Crippen molar-refractivity contribution in [3.8, 4) is 5.82 Å². The average molecular weight is 240 g/mol. The van der Waals surface area contributed by atoms with Crippen molar-refractivity contribution < 1.29 is 0 Å². The largest absolute Gasteiger partial charge is 0.330 e. The van der Waals surface area contributed by atoms with Crippen LogP contribution in [-0.4, -0.2) is 26.1 Å². The van der Waals surface area contributed by atoms with Crippen molar-refractivity contribution in [2.75, 3.05) is 6.54 Å². The van der Waals surface area contributed by atoms with Crippen molar-refractivity contribution in [1.82, 2.24) is 19.6 Å². The molecular formula is C10H14ClN5. The van der Waals surface area contributed by atoms with Crippen LogP contribution < -0.4 is 5.73 Å². The summed E-state index contributed by atoms with van der Waals surface area (Å²) in [4.78, 5) is 0. The van der Waals surface area contributed by atoms with E-state index in [4.69, 9.17) is 17.3 Å². The van der Waals surface area contributed by atoms with Gasteiger partial charge in [0.05, 0.1) is 23.1 Å². The van der Waals surface area contributed by atoms with Crippen LogP contribution in [0.25, 0.3) is 5.82 Å². The van der Waals surface area contributed by atoms with E-state index in [0.29, 0.717) is 11.6 Å². The third kappa shape index (κ3) is 1.83. The topological polar surface area (TPSA) is 61.7 Å². The summed E-state index contributed by atoms with van der Waals surface area (Å²) in [6, 6.07) is 0. The van der Waals surface area contributed by atoms with Crippen LogP contribution in [0, 0.1) is 6.92 Å². The first kappa shape index (κ1) is 11.2. The predicted octanol–water partition coefficient (Wildman–Crippen LogP) is 1.07. The zero-order valence-corrected chi connectivity index (χ0v) is 10.1. The Bertz CT molecular complexity index is 499. The molecule has 0 amide bonds. The van der Waals surface area contributed by atoms with Gasteiger partial charge in [-0.3, -0.25) is 4.68 Å². The SMILES string of the molecule is Cc1nn(C)c(-n2cc(Cl)cn2)c1CCN. The Morgan fingerprint density at radius 2 is 2.25 bits per heavy atom. The summed E-state index contributed by atoms with van der Waals surface area (Å²) in [7, 11) is 1.89. The first-order valence-electron chi connectivity index (χ1n) is 5.06. The fraction of sp³-hybridized carbons (Fsp3) is 0.400. The highest BCUT2D eigenvalue weighted by molar-refractivity contribution is 6.30. The summed E-state index contributed by atoms with van der Waals surface area (Å²) in [5, 5.41) is 9.17. The number of aryl methyl sites for hydroxylation is 2. The smallest absolute Gasteiger partial charge is 0.155 e. The summed E-state index contributed by atoms with van der Waals surface area (Å²) in [6.45, 7) is 2.56. The fourth-order valence-electron chi connectivity index (χ4n) is 1.83. The number of nitrogens with zero attached hydrogens (tertiary/aromatic N) is 4. The molecule has 2 heterocycles. The summed E-state index contributed by atoms with van der Waals surface area (Å²) < 4.78 is 3.52. The Morgan fingerprint density at radius 1 is 1.50 bits per heavy atom. The number of rotatable bonds is 3. The highest BCUT2D eigenvalue weighted by Gasteiger charge is 2.14. The molecule has 2 aromatic heterocycles. The lowest BCUT2D eigenvalue weighted by Gasteiger charge is -2.05. The maximum atomic E-state index is 5.86. The molecule has 2 rings (SSSR count). The molecule has 0 aliphatic rings. The Hall–Kier alpha value is -1.33. The second kappa shape index (κ2) is 4.27. The van der Waals surface area contributed by atoms with Crippen LogP contribution in [0.5, 0.6) is 0 Å². The van der Waals surface area contributed by atoms with Crippen LogP contribution in [0.1, 0.15) is 11.3 Å². The Kier molecular flexibility index (Phi) is 2.98. The van der Waals surface area contributed by atoms with Gasteiger partial charge in [0.1, 0.15) is 0 Å². The van der Waals surface area contributed by atoms with E-state index < -0.39 is 0 Å². The maximum Gasteiger partial charge on any atom is 0.155 e. The molecule has 0 bridgehead atoms. The maximum absolute atomic E-state index is 5.86. The fourth-order valence-corrected chi connectivity index (χ4v) is 1.97. The highest BCUT2D eigenvalue weighted by atomic mass is 35.5. The van der Waals surface area contributed by atoms with Gasteiger partial charge in [-0.05, 0) is 19.9 Å². The van der Waals surface area contributed by atoms with Crippen molar-refractivity contribution in [2.24, 2.45) is 12.8 Å². The number of nitrogens with two attached hydrogens (primary N) is 1. The second-order valence-electron chi connectivity index (χ2n) is 3.65. The molecule has 0 aromatic carbocycles. The van der Waals surface area contributed by atoms with Gasteiger partial charge >= 0.3 is 0 Å². The van der Waals surface area contributed by atoms with Gasteiger partial charge in [-0.25, -0.2) is 4.68 Å². The number of hydrogen-bond donors (Lipinski definition) is 1. The second-order valence-corrected chi connectivity index (χ2v) is 4.09. The van der Waals surface area contributed by atoms with E-state index in [1.807, 2.05) is 14.0 Å². The van der Waals surface area contributed by atoms with Crippen LogP contribution in [0.15, 0.2) is 12.4 Å². The average Bonchev–Trinajstić information content (AvgIpc) is 2.73. The van der Waals surface area contributed by atoms with E-state index in [1.165, 1.54) is 0 Å². The predicted molar refractivity (Wildman–Crippen MR) is 62.8 cm³/mol. The van der Waals surface area contributed by atoms with Crippen LogP contribution in [0.3, 0.4) is 0 Å². The molecule has 0 fully saturated rings. The van der Waals surface area contributed by atoms with Crippen molar-refractivity contribution in [1.29, 1.82) is 0 Å². The van der Waals surface area contributed by atoms with Gasteiger partial charge in [-0.2, -0.15) is 10.2 Å². The molecule has 5 nitrogen and oxygen atoms in total. The third-order valence-electron chi connectivity index (χ3n) is 2.48. The molecule has 0 radical (unpaired) electrons. The normalized spacial score (nSPS) is 11.0. The molecule has 0 saturated carbocycles. The first-order valence-corrected chi connectivity index (χ1v) is 5.44. The minimum atomic E-state index is 0.592. The first-order chi connectivity index (χ1) is 7.63. The van der Waals surface area contributed by atoms with E-state index in [9.17, 15) is 0 Å². The molecule has 0 unspecified atom stereocenters. The number of halogens is 1. The molecule has 0 atom stereocenters. The highest BCUT2D eigenvalue weighted by Crippen LogP contribution is 2.19. The molecule has 86 valence electrons. The lowest BCUT2D eigenvalue weighted by molar-refractivity contribution is 0.691.